The smallest absolute Gasteiger partial charge is 0.417 e. The van der Waals surface area contributed by atoms with Crippen molar-refractivity contribution in [3.8, 4) is 6.01 Å². The molecule has 2 bridgehead atoms. The first kappa shape index (κ1) is 30.1. The standard InChI is InChI=1S/C30H34F5N7O3/c1-15-7-18-17(9-36-40-18)21(23(15)30(33,34)35)20-8-19-22(25(43)45-20)24(42-10-16-5-6-27(2,12-42)39-16)38-26(37-19)44-14-28(13-41(3)4)11-29(28,31)32/h7,9,16,20,39H,5-6,8,10-14H2,1-4H3,(H,36,40)/t16-,20?,27-,28-/m1/s1. The number of aryl methyl sites for hydroxylation is 1. The molecule has 7 rings (SSSR count). The molecule has 45 heavy (non-hydrogen) atoms. The molecule has 15 heteroatoms. The molecule has 3 fully saturated rings. The zero-order valence-corrected chi connectivity index (χ0v) is 25.3. The van der Waals surface area contributed by atoms with Crippen LogP contribution in [0.3, 0.4) is 0 Å². The molecule has 0 spiro atoms. The molecule has 3 aliphatic heterocycles. The van der Waals surface area contributed by atoms with E-state index in [4.69, 9.17) is 9.47 Å². The van der Waals surface area contributed by atoms with Crippen LogP contribution in [0.25, 0.3) is 10.9 Å². The van der Waals surface area contributed by atoms with E-state index in [1.165, 1.54) is 19.2 Å². The number of carbonyl (C=O) groups is 1. The summed E-state index contributed by atoms with van der Waals surface area (Å²) < 4.78 is 84.1. The quantitative estimate of drug-likeness (QED) is 0.288. The molecule has 0 radical (unpaired) electrons. The zero-order chi connectivity index (χ0) is 32.1. The number of anilines is 1. The van der Waals surface area contributed by atoms with Crippen LogP contribution >= 0.6 is 0 Å². The molecule has 1 aliphatic carbocycles. The van der Waals surface area contributed by atoms with Crippen molar-refractivity contribution in [1.29, 1.82) is 0 Å². The number of esters is 1. The number of aromatic nitrogens is 4. The number of hydrogen-bond acceptors (Lipinski definition) is 9. The van der Waals surface area contributed by atoms with Gasteiger partial charge in [0.15, 0.2) is 5.82 Å². The highest BCUT2D eigenvalue weighted by Gasteiger charge is 2.71. The molecule has 1 saturated carbocycles. The Morgan fingerprint density at radius 2 is 2.00 bits per heavy atom. The van der Waals surface area contributed by atoms with Crippen molar-refractivity contribution in [3.05, 3.63) is 40.2 Å². The van der Waals surface area contributed by atoms with E-state index in [2.05, 4.69) is 32.4 Å². The number of piperazine rings is 1. The van der Waals surface area contributed by atoms with E-state index in [0.717, 1.165) is 12.8 Å². The van der Waals surface area contributed by atoms with Crippen molar-refractivity contribution in [1.82, 2.24) is 30.4 Å². The van der Waals surface area contributed by atoms with Crippen molar-refractivity contribution < 1.29 is 36.2 Å². The number of hydrogen-bond donors (Lipinski definition) is 2. The Balaban J connectivity index is 1.31. The summed E-state index contributed by atoms with van der Waals surface area (Å²) in [7, 11) is 3.40. The molecular formula is C30H34F5N7O3. The summed E-state index contributed by atoms with van der Waals surface area (Å²) in [6, 6.07) is 1.29. The lowest BCUT2D eigenvalue weighted by molar-refractivity contribution is -0.139. The van der Waals surface area contributed by atoms with Gasteiger partial charge < -0.3 is 24.6 Å². The first-order valence-electron chi connectivity index (χ1n) is 14.9. The van der Waals surface area contributed by atoms with Crippen LogP contribution in [-0.4, -0.2) is 88.9 Å². The molecule has 4 atom stereocenters. The van der Waals surface area contributed by atoms with E-state index in [1.807, 2.05) is 4.90 Å². The summed E-state index contributed by atoms with van der Waals surface area (Å²) in [5, 5.41) is 10.4. The largest absolute Gasteiger partial charge is 0.463 e. The molecule has 4 aliphatic rings. The fraction of sp³-hybridized carbons (Fsp3) is 0.600. The lowest BCUT2D eigenvalue weighted by Crippen LogP contribution is -2.58. The van der Waals surface area contributed by atoms with Crippen LogP contribution in [0.4, 0.5) is 27.8 Å². The Kier molecular flexibility index (Phi) is 6.65. The third-order valence-corrected chi connectivity index (χ3v) is 9.55. The predicted molar refractivity (Wildman–Crippen MR) is 153 cm³/mol. The third-order valence-electron chi connectivity index (χ3n) is 9.55. The number of alkyl halides is 5. The zero-order valence-electron chi connectivity index (χ0n) is 25.3. The van der Waals surface area contributed by atoms with E-state index in [1.54, 1.807) is 19.0 Å². The number of fused-ring (bicyclic) bond motifs is 4. The number of benzene rings is 1. The summed E-state index contributed by atoms with van der Waals surface area (Å²) in [6.45, 7) is 4.15. The Morgan fingerprint density at radius 1 is 1.24 bits per heavy atom. The normalized spacial score (nSPS) is 28.8. The molecule has 0 amide bonds. The lowest BCUT2D eigenvalue weighted by atomic mass is 9.89. The van der Waals surface area contributed by atoms with E-state index in [0.29, 0.717) is 18.6 Å². The molecule has 5 heterocycles. The average molecular weight is 636 g/mol. The fourth-order valence-corrected chi connectivity index (χ4v) is 7.52. The first-order chi connectivity index (χ1) is 21.1. The van der Waals surface area contributed by atoms with Gasteiger partial charge in [-0.2, -0.15) is 28.2 Å². The Bertz CT molecular complexity index is 1690. The van der Waals surface area contributed by atoms with Gasteiger partial charge in [-0.3, -0.25) is 5.10 Å². The van der Waals surface area contributed by atoms with E-state index >= 15 is 0 Å². The Hall–Kier alpha value is -3.59. The molecule has 3 aromatic rings. The average Bonchev–Trinajstić information content (AvgIpc) is 3.20. The highest BCUT2D eigenvalue weighted by molar-refractivity contribution is 5.98. The number of H-pyrrole nitrogens is 1. The van der Waals surface area contributed by atoms with Crippen LogP contribution in [0.1, 0.15) is 65.0 Å². The third kappa shape index (κ3) is 5.07. The van der Waals surface area contributed by atoms with Gasteiger partial charge in [0.25, 0.3) is 5.92 Å². The van der Waals surface area contributed by atoms with Gasteiger partial charge in [0.2, 0.25) is 0 Å². The minimum atomic E-state index is -4.74. The maximum absolute atomic E-state index is 14.5. The van der Waals surface area contributed by atoms with Crippen molar-refractivity contribution >= 4 is 22.7 Å². The second kappa shape index (κ2) is 9.95. The van der Waals surface area contributed by atoms with Gasteiger partial charge in [0, 0.05) is 55.0 Å². The van der Waals surface area contributed by atoms with Crippen molar-refractivity contribution in [2.75, 3.05) is 45.2 Å². The van der Waals surface area contributed by atoms with Gasteiger partial charge in [-0.1, -0.05) is 0 Å². The van der Waals surface area contributed by atoms with Crippen LogP contribution in [0.15, 0.2) is 12.3 Å². The second-order valence-electron chi connectivity index (χ2n) is 13.6. The summed E-state index contributed by atoms with van der Waals surface area (Å²) in [5.74, 6) is -3.55. The number of rotatable bonds is 7. The Morgan fingerprint density at radius 3 is 2.67 bits per heavy atom. The number of cyclic esters (lactones) is 1. The van der Waals surface area contributed by atoms with E-state index < -0.39 is 35.2 Å². The van der Waals surface area contributed by atoms with Gasteiger partial charge in [-0.25, -0.2) is 13.6 Å². The van der Waals surface area contributed by atoms with Gasteiger partial charge >= 0.3 is 18.2 Å². The minimum Gasteiger partial charge on any atom is -0.463 e. The molecule has 242 valence electrons. The summed E-state index contributed by atoms with van der Waals surface area (Å²) >= 11 is 0. The van der Waals surface area contributed by atoms with Crippen LogP contribution in [-0.2, 0) is 17.3 Å². The SMILES string of the molecule is Cc1cc2[nH]ncc2c(C2Cc3nc(OC[C@]4(CN(C)C)CC4(F)F)nc(N4C[C@H]5CC[C@](C)(C4)N5)c3C(=O)O2)c1C(F)(F)F. The number of nitrogens with one attached hydrogen (secondary N) is 2. The summed E-state index contributed by atoms with van der Waals surface area (Å²) in [5.41, 5.74) is -2.29. The Labute approximate surface area is 255 Å². The number of carbonyl (C=O) groups excluding carboxylic acids is 1. The van der Waals surface area contributed by atoms with Crippen LogP contribution in [0.5, 0.6) is 6.01 Å². The van der Waals surface area contributed by atoms with Crippen molar-refractivity contribution in [3.63, 3.8) is 0 Å². The summed E-state index contributed by atoms with van der Waals surface area (Å²) in [6.07, 6.45) is -3.53. The van der Waals surface area contributed by atoms with Crippen LogP contribution < -0.4 is 15.0 Å². The first-order valence-corrected chi connectivity index (χ1v) is 14.9. The maximum atomic E-state index is 14.5. The number of aromatic amines is 1. The molecule has 2 saturated heterocycles. The van der Waals surface area contributed by atoms with Gasteiger partial charge in [-0.05, 0) is 52.4 Å². The lowest BCUT2D eigenvalue weighted by Gasteiger charge is -2.41. The summed E-state index contributed by atoms with van der Waals surface area (Å²) in [4.78, 5) is 26.4. The molecular weight excluding hydrogens is 601 g/mol. The van der Waals surface area contributed by atoms with Gasteiger partial charge in [0.1, 0.15) is 18.3 Å². The van der Waals surface area contributed by atoms with Crippen LogP contribution in [0.2, 0.25) is 0 Å². The maximum Gasteiger partial charge on any atom is 0.417 e. The van der Waals surface area contributed by atoms with E-state index in [-0.39, 0.29) is 77.2 Å². The fourth-order valence-electron chi connectivity index (χ4n) is 7.52. The number of ether oxygens (including phenoxy) is 2. The van der Waals surface area contributed by atoms with Gasteiger partial charge in [0.05, 0.1) is 28.4 Å². The minimum absolute atomic E-state index is 0.0490. The van der Waals surface area contributed by atoms with Crippen LogP contribution in [0, 0.1) is 12.3 Å². The molecule has 2 N–H and O–H groups in total. The second-order valence-corrected chi connectivity index (χ2v) is 13.6. The van der Waals surface area contributed by atoms with Crippen molar-refractivity contribution in [2.45, 2.75) is 69.3 Å². The highest BCUT2D eigenvalue weighted by atomic mass is 19.4. The molecule has 1 aromatic carbocycles. The molecule has 2 aromatic heterocycles. The predicted octanol–water partition coefficient (Wildman–Crippen LogP) is 4.43. The topological polar surface area (TPSA) is 109 Å². The van der Waals surface area contributed by atoms with Crippen molar-refractivity contribution in [2.24, 2.45) is 5.41 Å². The van der Waals surface area contributed by atoms with Gasteiger partial charge in [-0.15, -0.1) is 0 Å². The number of halogens is 5. The number of nitrogens with zero attached hydrogens (tertiary/aromatic N) is 5. The molecule has 1 unspecified atom stereocenters. The molecule has 10 nitrogen and oxygen atoms in total. The monoisotopic (exact) mass is 635 g/mol. The van der Waals surface area contributed by atoms with E-state index in [9.17, 15) is 26.7 Å². The highest BCUT2D eigenvalue weighted by Crippen LogP contribution is 2.60.